The van der Waals surface area contributed by atoms with E-state index in [0.717, 1.165) is 11.3 Å². The number of hydrogen-bond donors (Lipinski definition) is 1. The summed E-state index contributed by atoms with van der Waals surface area (Å²) < 4.78 is 5.76. The molecule has 0 saturated carbocycles. The Morgan fingerprint density at radius 1 is 1.15 bits per heavy atom. The summed E-state index contributed by atoms with van der Waals surface area (Å²) in [6, 6.07) is 7.29. The van der Waals surface area contributed by atoms with Gasteiger partial charge in [0.2, 0.25) is 5.89 Å². The lowest BCUT2D eigenvalue weighted by atomic mass is 10.2. The first-order valence-electron chi connectivity index (χ1n) is 3.60. The topological polar surface area (TPSA) is 64.9 Å². The van der Waals surface area contributed by atoms with Crippen LogP contribution in [0.25, 0.3) is 11.5 Å². The summed E-state index contributed by atoms with van der Waals surface area (Å²) in [6.45, 7) is 0. The smallest absolute Gasteiger partial charge is 0.278 e. The number of hydrogen-bond acceptors (Lipinski definition) is 4. The van der Waals surface area contributed by atoms with Gasteiger partial charge in [-0.1, -0.05) is 0 Å². The molecule has 0 aliphatic carbocycles. The monoisotopic (exact) mass is 287 g/mol. The molecule has 0 saturated heterocycles. The van der Waals surface area contributed by atoms with Crippen LogP contribution >= 0.6 is 22.6 Å². The van der Waals surface area contributed by atoms with Crippen LogP contribution < -0.4 is 5.73 Å². The summed E-state index contributed by atoms with van der Waals surface area (Å²) in [7, 11) is 0. The fourth-order valence-electron chi connectivity index (χ4n) is 0.948. The first-order valence-corrected chi connectivity index (χ1v) is 4.68. The van der Waals surface area contributed by atoms with Crippen molar-refractivity contribution < 1.29 is 4.42 Å². The molecule has 0 radical (unpaired) electrons. The van der Waals surface area contributed by atoms with Crippen LogP contribution in [0.5, 0.6) is 0 Å². The van der Waals surface area contributed by atoms with Gasteiger partial charge < -0.3 is 10.2 Å². The zero-order chi connectivity index (χ0) is 9.26. The third-order valence-electron chi connectivity index (χ3n) is 1.56. The minimum Gasteiger partial charge on any atom is -0.412 e. The zero-order valence-corrected chi connectivity index (χ0v) is 8.72. The van der Waals surface area contributed by atoms with Crippen molar-refractivity contribution in [2.45, 2.75) is 0 Å². The highest BCUT2D eigenvalue weighted by atomic mass is 127. The van der Waals surface area contributed by atoms with Gasteiger partial charge >= 0.3 is 0 Å². The maximum absolute atomic E-state index is 5.54. The molecule has 2 aromatic rings. The summed E-state index contributed by atoms with van der Waals surface area (Å²) in [5.74, 6) is 0.518. The second-order valence-corrected chi connectivity index (χ2v) is 3.41. The lowest BCUT2D eigenvalue weighted by Crippen LogP contribution is -1.83. The first kappa shape index (κ1) is 8.49. The number of rotatable bonds is 1. The second kappa shape index (κ2) is 3.33. The van der Waals surface area contributed by atoms with Gasteiger partial charge in [-0.3, -0.25) is 0 Å². The van der Waals surface area contributed by atoms with Gasteiger partial charge in [0.25, 0.3) is 3.90 Å². The van der Waals surface area contributed by atoms with E-state index in [1.807, 2.05) is 34.7 Å². The predicted molar refractivity (Wildman–Crippen MR) is 56.9 cm³/mol. The maximum Gasteiger partial charge on any atom is 0.278 e. The molecule has 66 valence electrons. The highest BCUT2D eigenvalue weighted by Crippen LogP contribution is 2.19. The largest absolute Gasteiger partial charge is 0.412 e. The fourth-order valence-corrected chi connectivity index (χ4v) is 1.26. The van der Waals surface area contributed by atoms with Gasteiger partial charge in [0.05, 0.1) is 0 Å². The van der Waals surface area contributed by atoms with Crippen molar-refractivity contribution >= 4 is 28.3 Å². The molecule has 0 spiro atoms. The molecule has 0 fully saturated rings. The molecule has 5 heteroatoms. The molecular formula is C8H6IN3O. The van der Waals surface area contributed by atoms with Gasteiger partial charge in [-0.25, -0.2) is 0 Å². The Morgan fingerprint density at radius 2 is 1.85 bits per heavy atom. The Hall–Kier alpha value is -1.11. The van der Waals surface area contributed by atoms with Gasteiger partial charge in [-0.2, -0.15) is 0 Å². The standard InChI is InChI=1S/C8H6IN3O/c9-8-12-11-7(13-8)5-1-3-6(10)4-2-5/h1-4H,10H2. The molecule has 0 aliphatic rings. The lowest BCUT2D eigenvalue weighted by molar-refractivity contribution is 0.537. The molecule has 0 bridgehead atoms. The first-order chi connectivity index (χ1) is 6.25. The minimum absolute atomic E-state index is 0.518. The maximum atomic E-state index is 5.54. The normalized spacial score (nSPS) is 10.2. The summed E-state index contributed by atoms with van der Waals surface area (Å²) in [6.07, 6.45) is 0. The summed E-state index contributed by atoms with van der Waals surface area (Å²) in [4.78, 5) is 0. The van der Waals surface area contributed by atoms with Gasteiger partial charge in [-0.05, 0) is 24.3 Å². The third-order valence-corrected chi connectivity index (χ3v) is 1.99. The summed E-state index contributed by atoms with van der Waals surface area (Å²) in [5, 5.41) is 7.60. The van der Waals surface area contributed by atoms with Crippen molar-refractivity contribution in [2.24, 2.45) is 0 Å². The summed E-state index contributed by atoms with van der Waals surface area (Å²) >= 11 is 1.97. The number of halogens is 1. The molecule has 4 nitrogen and oxygen atoms in total. The Kier molecular flexibility index (Phi) is 2.17. The average molecular weight is 287 g/mol. The van der Waals surface area contributed by atoms with Crippen molar-refractivity contribution in [3.63, 3.8) is 0 Å². The number of aromatic nitrogens is 2. The molecule has 0 amide bonds. The molecule has 0 atom stereocenters. The van der Waals surface area contributed by atoms with Crippen molar-refractivity contribution in [3.8, 4) is 11.5 Å². The molecule has 1 heterocycles. The van der Waals surface area contributed by atoms with Crippen molar-refractivity contribution in [2.75, 3.05) is 5.73 Å². The van der Waals surface area contributed by atoms with E-state index in [2.05, 4.69) is 10.2 Å². The van der Waals surface area contributed by atoms with E-state index < -0.39 is 0 Å². The molecule has 13 heavy (non-hydrogen) atoms. The Morgan fingerprint density at radius 3 is 2.38 bits per heavy atom. The van der Waals surface area contributed by atoms with E-state index in [1.165, 1.54) is 0 Å². The van der Waals surface area contributed by atoms with Gasteiger partial charge in [-0.15, -0.1) is 10.2 Å². The lowest BCUT2D eigenvalue weighted by Gasteiger charge is -1.94. The number of anilines is 1. The molecular weight excluding hydrogens is 281 g/mol. The second-order valence-electron chi connectivity index (χ2n) is 2.48. The number of nitrogen functional groups attached to an aromatic ring is 1. The summed E-state index contributed by atoms with van der Waals surface area (Å²) in [5.41, 5.74) is 7.14. The number of benzene rings is 1. The van der Waals surface area contributed by atoms with Crippen LogP contribution in [0.1, 0.15) is 0 Å². The minimum atomic E-state index is 0.518. The number of nitrogens with two attached hydrogens (primary N) is 1. The SMILES string of the molecule is Nc1ccc(-c2nnc(I)o2)cc1. The van der Waals surface area contributed by atoms with Crippen LogP contribution in [0, 0.1) is 3.90 Å². The van der Waals surface area contributed by atoms with E-state index in [1.54, 1.807) is 12.1 Å². The van der Waals surface area contributed by atoms with Gasteiger partial charge in [0.15, 0.2) is 0 Å². The van der Waals surface area contributed by atoms with E-state index in [4.69, 9.17) is 10.2 Å². The van der Waals surface area contributed by atoms with E-state index in [9.17, 15) is 0 Å². The molecule has 1 aromatic carbocycles. The molecule has 0 aliphatic heterocycles. The number of nitrogens with zero attached hydrogens (tertiary/aromatic N) is 2. The van der Waals surface area contributed by atoms with Gasteiger partial charge in [0.1, 0.15) is 0 Å². The van der Waals surface area contributed by atoms with E-state index in [-0.39, 0.29) is 0 Å². The predicted octanol–water partition coefficient (Wildman–Crippen LogP) is 1.92. The van der Waals surface area contributed by atoms with Crippen LogP contribution in [0.15, 0.2) is 28.7 Å². The third kappa shape index (κ3) is 1.80. The highest BCUT2D eigenvalue weighted by molar-refractivity contribution is 14.1. The fraction of sp³-hybridized carbons (Fsp3) is 0. The zero-order valence-electron chi connectivity index (χ0n) is 6.57. The molecule has 2 rings (SSSR count). The van der Waals surface area contributed by atoms with Crippen LogP contribution in [-0.4, -0.2) is 10.2 Å². The molecule has 1 aromatic heterocycles. The van der Waals surface area contributed by atoms with E-state index >= 15 is 0 Å². The van der Waals surface area contributed by atoms with Crippen molar-refractivity contribution in [1.29, 1.82) is 0 Å². The van der Waals surface area contributed by atoms with Gasteiger partial charge in [0, 0.05) is 33.8 Å². The Bertz CT molecular complexity index is 410. The average Bonchev–Trinajstić information content (AvgIpc) is 2.53. The molecule has 2 N–H and O–H groups in total. The van der Waals surface area contributed by atoms with Crippen LogP contribution in [0.4, 0.5) is 5.69 Å². The Labute approximate surface area is 88.3 Å². The highest BCUT2D eigenvalue weighted by Gasteiger charge is 2.04. The molecule has 0 unspecified atom stereocenters. The van der Waals surface area contributed by atoms with Crippen LogP contribution in [0.3, 0.4) is 0 Å². The van der Waals surface area contributed by atoms with Crippen molar-refractivity contribution in [1.82, 2.24) is 10.2 Å². The van der Waals surface area contributed by atoms with E-state index in [0.29, 0.717) is 9.79 Å². The quantitative estimate of drug-likeness (QED) is 0.643. The van der Waals surface area contributed by atoms with Crippen LogP contribution in [0.2, 0.25) is 0 Å². The van der Waals surface area contributed by atoms with Crippen molar-refractivity contribution in [3.05, 3.63) is 28.2 Å². The van der Waals surface area contributed by atoms with Crippen LogP contribution in [-0.2, 0) is 0 Å². The Balaban J connectivity index is 2.41.